The normalized spacial score (nSPS) is 17.0. The molecule has 0 radical (unpaired) electrons. The highest BCUT2D eigenvalue weighted by Crippen LogP contribution is 2.29. The zero-order valence-electron chi connectivity index (χ0n) is 16.0. The second-order valence-corrected chi connectivity index (χ2v) is 8.45. The third-order valence-electron chi connectivity index (χ3n) is 5.50. The van der Waals surface area contributed by atoms with E-state index in [1.807, 2.05) is 6.07 Å². The molecule has 1 fully saturated rings. The van der Waals surface area contributed by atoms with Crippen molar-refractivity contribution in [2.24, 2.45) is 5.92 Å². The Morgan fingerprint density at radius 3 is 2.79 bits per heavy atom. The van der Waals surface area contributed by atoms with Crippen molar-refractivity contribution >= 4 is 28.3 Å². The van der Waals surface area contributed by atoms with E-state index in [1.165, 1.54) is 22.3 Å². The fraction of sp³-hybridized carbons (Fsp3) is 0.429. The highest BCUT2D eigenvalue weighted by molar-refractivity contribution is 7.10. The topological polar surface area (TPSA) is 67.5 Å². The molecule has 1 amide bonds. The van der Waals surface area contributed by atoms with E-state index >= 15 is 0 Å². The number of carbonyl (C=O) groups excluding carboxylic acids is 1. The second kappa shape index (κ2) is 8.32. The van der Waals surface area contributed by atoms with Crippen LogP contribution in [0.4, 0.5) is 0 Å². The van der Waals surface area contributed by atoms with Gasteiger partial charge in [-0.15, -0.1) is 11.3 Å². The summed E-state index contributed by atoms with van der Waals surface area (Å²) in [5.41, 5.74) is 1.14. The van der Waals surface area contributed by atoms with Crippen molar-refractivity contribution in [2.75, 3.05) is 19.6 Å². The smallest absolute Gasteiger partial charge is 0.408 e. The van der Waals surface area contributed by atoms with Crippen molar-refractivity contribution in [1.29, 1.82) is 0 Å². The summed E-state index contributed by atoms with van der Waals surface area (Å²) in [4.78, 5) is 28.4. The molecule has 0 spiro atoms. The number of para-hydroxylation sites is 2. The number of hydrogen-bond acceptors (Lipinski definition) is 5. The van der Waals surface area contributed by atoms with Crippen molar-refractivity contribution in [2.45, 2.75) is 32.4 Å². The minimum absolute atomic E-state index is 0.0377. The van der Waals surface area contributed by atoms with Crippen LogP contribution in [0, 0.1) is 5.92 Å². The van der Waals surface area contributed by atoms with E-state index in [2.05, 4.69) is 34.7 Å². The average Bonchev–Trinajstić information content (AvgIpc) is 3.32. The Hall–Kier alpha value is -2.38. The van der Waals surface area contributed by atoms with E-state index in [0.717, 1.165) is 19.0 Å². The summed E-state index contributed by atoms with van der Waals surface area (Å²) < 4.78 is 6.59. The number of carbonyl (C=O) groups is 1. The molecular weight excluding hydrogens is 374 g/mol. The number of fused-ring (bicyclic) bond motifs is 1. The second-order valence-electron chi connectivity index (χ2n) is 7.48. The molecule has 1 N–H and O–H groups in total. The summed E-state index contributed by atoms with van der Waals surface area (Å²) in [7, 11) is 0. The third-order valence-corrected chi connectivity index (χ3v) is 6.47. The maximum absolute atomic E-state index is 12.6. The number of amides is 1. The third kappa shape index (κ3) is 4.05. The Balaban J connectivity index is 1.44. The number of nitrogens with zero attached hydrogens (tertiary/aromatic N) is 2. The molecule has 28 heavy (non-hydrogen) atoms. The zero-order valence-corrected chi connectivity index (χ0v) is 16.8. The van der Waals surface area contributed by atoms with Gasteiger partial charge in [-0.05, 0) is 55.4 Å². The van der Waals surface area contributed by atoms with Gasteiger partial charge in [0.1, 0.15) is 6.54 Å². The van der Waals surface area contributed by atoms with E-state index < -0.39 is 5.76 Å². The molecule has 148 valence electrons. The van der Waals surface area contributed by atoms with Crippen molar-refractivity contribution in [1.82, 2.24) is 14.8 Å². The number of aromatic nitrogens is 1. The molecule has 1 aliphatic rings. The lowest BCUT2D eigenvalue weighted by atomic mass is 9.97. The van der Waals surface area contributed by atoms with Gasteiger partial charge in [-0.2, -0.15) is 0 Å². The Morgan fingerprint density at radius 1 is 1.25 bits per heavy atom. The van der Waals surface area contributed by atoms with Crippen molar-refractivity contribution in [3.63, 3.8) is 0 Å². The van der Waals surface area contributed by atoms with Crippen molar-refractivity contribution < 1.29 is 9.21 Å². The Kier molecular flexibility index (Phi) is 5.64. The number of nitrogens with one attached hydrogen (secondary N) is 1. The summed E-state index contributed by atoms with van der Waals surface area (Å²) in [6, 6.07) is 11.5. The summed E-state index contributed by atoms with van der Waals surface area (Å²) in [6.07, 6.45) is 2.37. The van der Waals surface area contributed by atoms with Gasteiger partial charge in [0.05, 0.1) is 11.6 Å². The summed E-state index contributed by atoms with van der Waals surface area (Å²) in [5, 5.41) is 5.11. The standard InChI is InChI=1S/C21H25N3O3S/c1-15-8-10-23(11-9-15)17(19-7-4-12-28-19)13-22-20(25)14-24-16-5-2-3-6-18(16)27-21(24)26/h2-7,12,15,17H,8-11,13-14H2,1H3,(H,22,25). The van der Waals surface area contributed by atoms with E-state index in [9.17, 15) is 9.59 Å². The van der Waals surface area contributed by atoms with Crippen LogP contribution in [0.1, 0.15) is 30.7 Å². The van der Waals surface area contributed by atoms with Crippen LogP contribution < -0.4 is 11.1 Å². The highest BCUT2D eigenvalue weighted by atomic mass is 32.1. The van der Waals surface area contributed by atoms with Gasteiger partial charge in [0, 0.05) is 11.4 Å². The monoisotopic (exact) mass is 399 g/mol. The minimum Gasteiger partial charge on any atom is -0.408 e. The van der Waals surface area contributed by atoms with Gasteiger partial charge in [-0.25, -0.2) is 4.79 Å². The Bertz CT molecular complexity index is 984. The molecule has 3 aromatic rings. The SMILES string of the molecule is CC1CCN(C(CNC(=O)Cn2c(=O)oc3ccccc32)c2cccs2)CC1. The maximum Gasteiger partial charge on any atom is 0.420 e. The van der Waals surface area contributed by atoms with Crippen LogP contribution in [0.3, 0.4) is 0 Å². The van der Waals surface area contributed by atoms with Crippen LogP contribution >= 0.6 is 11.3 Å². The van der Waals surface area contributed by atoms with Crippen LogP contribution in [0.2, 0.25) is 0 Å². The minimum atomic E-state index is -0.504. The molecule has 7 heteroatoms. The molecule has 0 bridgehead atoms. The number of oxazole rings is 1. The highest BCUT2D eigenvalue weighted by Gasteiger charge is 2.26. The lowest BCUT2D eigenvalue weighted by molar-refractivity contribution is -0.122. The van der Waals surface area contributed by atoms with E-state index in [1.54, 1.807) is 29.5 Å². The lowest BCUT2D eigenvalue weighted by Crippen LogP contribution is -2.42. The molecule has 6 nitrogen and oxygen atoms in total. The number of hydrogen-bond donors (Lipinski definition) is 1. The fourth-order valence-electron chi connectivity index (χ4n) is 3.80. The summed E-state index contributed by atoms with van der Waals surface area (Å²) in [5.74, 6) is 0.0767. The first-order chi connectivity index (χ1) is 13.6. The molecular formula is C21H25N3O3S. The summed E-state index contributed by atoms with van der Waals surface area (Å²) >= 11 is 1.72. The number of thiophene rings is 1. The maximum atomic E-state index is 12.6. The first-order valence-corrected chi connectivity index (χ1v) is 10.6. The Morgan fingerprint density at radius 2 is 2.04 bits per heavy atom. The summed E-state index contributed by atoms with van der Waals surface area (Å²) in [6.45, 7) is 4.89. The van der Waals surface area contributed by atoms with Crippen LogP contribution in [0.5, 0.6) is 0 Å². The predicted octanol–water partition coefficient (Wildman–Crippen LogP) is 3.25. The molecule has 1 atom stereocenters. The number of piperidine rings is 1. The zero-order chi connectivity index (χ0) is 19.5. The quantitative estimate of drug-likeness (QED) is 0.691. The van der Waals surface area contributed by atoms with Crippen LogP contribution in [-0.4, -0.2) is 35.0 Å². The van der Waals surface area contributed by atoms with Crippen molar-refractivity contribution in [3.05, 3.63) is 57.2 Å². The fourth-order valence-corrected chi connectivity index (χ4v) is 4.67. The molecule has 1 saturated heterocycles. The van der Waals surface area contributed by atoms with Crippen LogP contribution in [0.25, 0.3) is 11.1 Å². The average molecular weight is 400 g/mol. The molecule has 0 saturated carbocycles. The van der Waals surface area contributed by atoms with Gasteiger partial charge in [-0.3, -0.25) is 14.3 Å². The first kappa shape index (κ1) is 19.0. The molecule has 3 heterocycles. The number of likely N-dealkylation sites (tertiary alicyclic amines) is 1. The predicted molar refractivity (Wildman–Crippen MR) is 111 cm³/mol. The molecule has 1 unspecified atom stereocenters. The van der Waals surface area contributed by atoms with E-state index in [-0.39, 0.29) is 18.5 Å². The van der Waals surface area contributed by atoms with Gasteiger partial charge in [0.15, 0.2) is 5.58 Å². The lowest BCUT2D eigenvalue weighted by Gasteiger charge is -2.36. The number of benzene rings is 1. The van der Waals surface area contributed by atoms with Gasteiger partial charge in [-0.1, -0.05) is 25.1 Å². The molecule has 4 rings (SSSR count). The molecule has 1 aromatic carbocycles. The van der Waals surface area contributed by atoms with E-state index in [4.69, 9.17) is 4.42 Å². The van der Waals surface area contributed by atoms with Crippen LogP contribution in [-0.2, 0) is 11.3 Å². The Labute approximate surface area is 167 Å². The molecule has 1 aliphatic heterocycles. The van der Waals surface area contributed by atoms with Gasteiger partial charge < -0.3 is 9.73 Å². The molecule has 0 aliphatic carbocycles. The van der Waals surface area contributed by atoms with Gasteiger partial charge in [0.2, 0.25) is 5.91 Å². The van der Waals surface area contributed by atoms with Gasteiger partial charge in [0.25, 0.3) is 0 Å². The van der Waals surface area contributed by atoms with E-state index in [0.29, 0.717) is 17.6 Å². The first-order valence-electron chi connectivity index (χ1n) is 9.74. The van der Waals surface area contributed by atoms with Crippen LogP contribution in [0.15, 0.2) is 51.0 Å². The van der Waals surface area contributed by atoms with Gasteiger partial charge >= 0.3 is 5.76 Å². The largest absolute Gasteiger partial charge is 0.420 e. The van der Waals surface area contributed by atoms with Crippen molar-refractivity contribution in [3.8, 4) is 0 Å². The molecule has 2 aromatic heterocycles. The number of rotatable bonds is 6.